The number of thiophene rings is 1. The molecule has 4 nitrogen and oxygen atoms in total. The van der Waals surface area contributed by atoms with E-state index >= 15 is 0 Å². The first-order valence-electron chi connectivity index (χ1n) is 6.88. The molecule has 0 fully saturated rings. The second-order valence-electron chi connectivity index (χ2n) is 5.27. The lowest BCUT2D eigenvalue weighted by Crippen LogP contribution is -2.25. The molecular formula is C16H14FN3OS. The van der Waals surface area contributed by atoms with Crippen LogP contribution in [0.25, 0.3) is 0 Å². The van der Waals surface area contributed by atoms with Gasteiger partial charge < -0.3 is 10.2 Å². The summed E-state index contributed by atoms with van der Waals surface area (Å²) in [5.74, 6) is -0.715. The number of likely N-dealkylation sites (N-methyl/N-ethyl adjacent to an activating group) is 1. The highest BCUT2D eigenvalue weighted by Gasteiger charge is 2.23. The first-order chi connectivity index (χ1) is 10.6. The minimum absolute atomic E-state index is 0.330. The van der Waals surface area contributed by atoms with E-state index < -0.39 is 0 Å². The van der Waals surface area contributed by atoms with Crippen LogP contribution in [0, 0.1) is 17.1 Å². The quantitative estimate of drug-likeness (QED) is 0.927. The number of nitrogens with zero attached hydrogens (tertiary/aromatic N) is 2. The van der Waals surface area contributed by atoms with Crippen LogP contribution in [-0.4, -0.2) is 24.4 Å². The molecule has 2 heterocycles. The topological polar surface area (TPSA) is 56.1 Å². The van der Waals surface area contributed by atoms with Crippen molar-refractivity contribution < 1.29 is 9.18 Å². The van der Waals surface area contributed by atoms with Crippen LogP contribution in [0.3, 0.4) is 0 Å². The van der Waals surface area contributed by atoms with Gasteiger partial charge in [0.2, 0.25) is 0 Å². The van der Waals surface area contributed by atoms with E-state index in [0.29, 0.717) is 16.1 Å². The maximum Gasteiger partial charge on any atom is 0.256 e. The molecule has 0 unspecified atom stereocenters. The van der Waals surface area contributed by atoms with Gasteiger partial charge in [0.05, 0.1) is 5.56 Å². The van der Waals surface area contributed by atoms with Crippen molar-refractivity contribution in [3.8, 4) is 6.07 Å². The van der Waals surface area contributed by atoms with Gasteiger partial charge in [-0.1, -0.05) is 0 Å². The summed E-state index contributed by atoms with van der Waals surface area (Å²) in [6.07, 6.45) is 0.817. The van der Waals surface area contributed by atoms with Gasteiger partial charge >= 0.3 is 0 Å². The van der Waals surface area contributed by atoms with E-state index in [0.717, 1.165) is 30.0 Å². The zero-order chi connectivity index (χ0) is 15.7. The summed E-state index contributed by atoms with van der Waals surface area (Å²) in [6.45, 7) is 1.70. The molecule has 0 saturated heterocycles. The molecule has 1 aliphatic heterocycles. The Morgan fingerprint density at radius 3 is 2.82 bits per heavy atom. The fourth-order valence-electron chi connectivity index (χ4n) is 2.51. The van der Waals surface area contributed by atoms with Crippen LogP contribution in [0.15, 0.2) is 24.3 Å². The van der Waals surface area contributed by atoms with Gasteiger partial charge in [-0.25, -0.2) is 4.39 Å². The fraction of sp³-hybridized carbons (Fsp3) is 0.250. The summed E-state index contributed by atoms with van der Waals surface area (Å²) in [5, 5.41) is 12.8. The maximum atomic E-state index is 12.9. The second kappa shape index (κ2) is 5.87. The van der Waals surface area contributed by atoms with Crippen molar-refractivity contribution in [2.24, 2.45) is 0 Å². The van der Waals surface area contributed by atoms with Crippen molar-refractivity contribution in [3.05, 3.63) is 51.7 Å². The van der Waals surface area contributed by atoms with Crippen molar-refractivity contribution in [2.45, 2.75) is 13.0 Å². The first kappa shape index (κ1) is 14.7. The Bertz CT molecular complexity index is 761. The van der Waals surface area contributed by atoms with Crippen LogP contribution in [0.2, 0.25) is 0 Å². The Morgan fingerprint density at radius 1 is 1.41 bits per heavy atom. The number of nitrogens with one attached hydrogen (secondary N) is 1. The number of halogens is 1. The monoisotopic (exact) mass is 315 g/mol. The van der Waals surface area contributed by atoms with Crippen molar-refractivity contribution in [1.29, 1.82) is 5.26 Å². The molecule has 2 aromatic rings. The van der Waals surface area contributed by atoms with Crippen molar-refractivity contribution in [1.82, 2.24) is 4.90 Å². The van der Waals surface area contributed by atoms with Crippen molar-refractivity contribution in [3.63, 3.8) is 0 Å². The number of nitriles is 1. The zero-order valence-electron chi connectivity index (χ0n) is 12.0. The molecule has 0 saturated carbocycles. The van der Waals surface area contributed by atoms with Crippen molar-refractivity contribution >= 4 is 22.2 Å². The third-order valence-corrected chi connectivity index (χ3v) is 4.83. The van der Waals surface area contributed by atoms with Gasteiger partial charge in [-0.05, 0) is 43.3 Å². The van der Waals surface area contributed by atoms with Crippen molar-refractivity contribution in [2.75, 3.05) is 18.9 Å². The third-order valence-electron chi connectivity index (χ3n) is 3.69. The van der Waals surface area contributed by atoms with E-state index in [4.69, 9.17) is 0 Å². The van der Waals surface area contributed by atoms with Crippen LogP contribution in [0.5, 0.6) is 0 Å². The molecule has 1 aromatic heterocycles. The molecule has 1 aromatic carbocycles. The lowest BCUT2D eigenvalue weighted by atomic mass is 10.0. The Labute approximate surface area is 131 Å². The van der Waals surface area contributed by atoms with E-state index in [-0.39, 0.29) is 11.7 Å². The molecule has 0 bridgehead atoms. The van der Waals surface area contributed by atoms with Gasteiger partial charge in [0.1, 0.15) is 16.9 Å². The molecule has 0 aliphatic carbocycles. The van der Waals surface area contributed by atoms with Crippen LogP contribution in [0.1, 0.15) is 26.4 Å². The molecular weight excluding hydrogens is 301 g/mol. The Morgan fingerprint density at radius 2 is 2.14 bits per heavy atom. The molecule has 0 radical (unpaired) electrons. The molecule has 1 amide bonds. The second-order valence-corrected chi connectivity index (χ2v) is 6.37. The normalized spacial score (nSPS) is 14.2. The molecule has 1 N–H and O–H groups in total. The summed E-state index contributed by atoms with van der Waals surface area (Å²) in [6, 6.07) is 7.55. The summed E-state index contributed by atoms with van der Waals surface area (Å²) in [7, 11) is 2.03. The van der Waals surface area contributed by atoms with E-state index in [1.54, 1.807) is 0 Å². The highest BCUT2D eigenvalue weighted by atomic mass is 32.1. The van der Waals surface area contributed by atoms with Gasteiger partial charge in [0.15, 0.2) is 0 Å². The smallest absolute Gasteiger partial charge is 0.256 e. The highest BCUT2D eigenvalue weighted by Crippen LogP contribution is 2.36. The number of carbonyl (C=O) groups is 1. The SMILES string of the molecule is CN1CCc2c(sc(NC(=O)c3ccc(F)cc3)c2C#N)C1. The summed E-state index contributed by atoms with van der Waals surface area (Å²) < 4.78 is 12.9. The number of benzene rings is 1. The number of fused-ring (bicyclic) bond motifs is 1. The van der Waals surface area contributed by atoms with E-state index in [1.165, 1.54) is 35.6 Å². The Hall–Kier alpha value is -2.23. The lowest BCUT2D eigenvalue weighted by Gasteiger charge is -2.21. The number of hydrogen-bond acceptors (Lipinski definition) is 4. The molecule has 6 heteroatoms. The predicted molar refractivity (Wildman–Crippen MR) is 83.4 cm³/mol. The van der Waals surface area contributed by atoms with E-state index in [2.05, 4.69) is 16.3 Å². The van der Waals surface area contributed by atoms with Gasteiger partial charge in [0.25, 0.3) is 5.91 Å². The summed E-state index contributed by atoms with van der Waals surface area (Å²) in [4.78, 5) is 15.5. The average Bonchev–Trinajstić information content (AvgIpc) is 2.83. The summed E-state index contributed by atoms with van der Waals surface area (Å²) >= 11 is 1.45. The van der Waals surface area contributed by atoms with Crippen LogP contribution in [0.4, 0.5) is 9.39 Å². The third kappa shape index (κ3) is 2.73. The van der Waals surface area contributed by atoms with Gasteiger partial charge in [-0.3, -0.25) is 4.79 Å². The number of amides is 1. The number of carbonyl (C=O) groups excluding carboxylic acids is 1. The standard InChI is InChI=1S/C16H14FN3OS/c1-20-7-6-12-13(8-18)16(22-14(12)9-20)19-15(21)10-2-4-11(17)5-3-10/h2-5H,6-7,9H2,1H3,(H,19,21). The van der Waals surface area contributed by atoms with Crippen LogP contribution >= 0.6 is 11.3 Å². The van der Waals surface area contributed by atoms with E-state index in [1.807, 2.05) is 7.05 Å². The Balaban J connectivity index is 1.88. The molecule has 112 valence electrons. The summed E-state index contributed by atoms with van der Waals surface area (Å²) in [5.41, 5.74) is 1.97. The number of anilines is 1. The molecule has 3 rings (SSSR count). The Kier molecular flexibility index (Phi) is 3.92. The largest absolute Gasteiger partial charge is 0.312 e. The molecule has 22 heavy (non-hydrogen) atoms. The maximum absolute atomic E-state index is 12.9. The number of rotatable bonds is 2. The minimum Gasteiger partial charge on any atom is -0.312 e. The predicted octanol–water partition coefficient (Wildman–Crippen LogP) is 3.00. The molecule has 1 aliphatic rings. The molecule has 0 spiro atoms. The highest BCUT2D eigenvalue weighted by molar-refractivity contribution is 7.16. The van der Waals surface area contributed by atoms with E-state index in [9.17, 15) is 14.4 Å². The van der Waals surface area contributed by atoms with Gasteiger partial charge in [-0.15, -0.1) is 11.3 Å². The van der Waals surface area contributed by atoms with Crippen LogP contribution < -0.4 is 5.32 Å². The number of hydrogen-bond donors (Lipinski definition) is 1. The van der Waals surface area contributed by atoms with Crippen LogP contribution in [-0.2, 0) is 13.0 Å². The molecule has 0 atom stereocenters. The first-order valence-corrected chi connectivity index (χ1v) is 7.70. The average molecular weight is 315 g/mol. The zero-order valence-corrected chi connectivity index (χ0v) is 12.8. The van der Waals surface area contributed by atoms with Gasteiger partial charge in [-0.2, -0.15) is 5.26 Å². The minimum atomic E-state index is -0.385. The lowest BCUT2D eigenvalue weighted by molar-refractivity contribution is 0.102. The van der Waals surface area contributed by atoms with Gasteiger partial charge in [0, 0.05) is 23.5 Å². The fourth-order valence-corrected chi connectivity index (χ4v) is 3.79.